The van der Waals surface area contributed by atoms with Gasteiger partial charge in [-0.15, -0.1) is 0 Å². The fourth-order valence-electron chi connectivity index (χ4n) is 3.18. The molecule has 0 fully saturated rings. The number of carbonyl (C=O) groups excluding carboxylic acids is 1. The zero-order valence-corrected chi connectivity index (χ0v) is 18.1. The summed E-state index contributed by atoms with van der Waals surface area (Å²) in [5.74, 6) is 0.383. The lowest BCUT2D eigenvalue weighted by Crippen LogP contribution is -2.23. The van der Waals surface area contributed by atoms with E-state index >= 15 is 0 Å². The summed E-state index contributed by atoms with van der Waals surface area (Å²) in [4.78, 5) is 21.9. The lowest BCUT2D eigenvalue weighted by atomic mass is 10.0. The molecule has 5 heteroatoms. The molecule has 0 bridgehead atoms. The van der Waals surface area contributed by atoms with Crippen LogP contribution in [-0.4, -0.2) is 28.6 Å². The number of aromatic nitrogens is 2. The Balaban J connectivity index is 1.92. The highest BCUT2D eigenvalue weighted by molar-refractivity contribution is 5.81. The Morgan fingerprint density at radius 3 is 2.43 bits per heavy atom. The smallest absolute Gasteiger partial charge is 0.306 e. The number of rotatable bonds is 7. The van der Waals surface area contributed by atoms with Crippen LogP contribution in [0.3, 0.4) is 0 Å². The fourth-order valence-corrected chi connectivity index (χ4v) is 3.18. The molecular weight excluding hydrogens is 376 g/mol. The van der Waals surface area contributed by atoms with Crippen molar-refractivity contribution in [1.82, 2.24) is 9.97 Å². The number of benzene rings is 2. The van der Waals surface area contributed by atoms with Crippen molar-refractivity contribution < 1.29 is 14.3 Å². The van der Waals surface area contributed by atoms with Gasteiger partial charge in [0.25, 0.3) is 0 Å². The molecule has 5 nitrogen and oxygen atoms in total. The Labute approximate surface area is 177 Å². The average molecular weight is 405 g/mol. The number of methoxy groups -OCH3 is 1. The van der Waals surface area contributed by atoms with Crippen LogP contribution in [0.25, 0.3) is 28.0 Å². The van der Waals surface area contributed by atoms with Gasteiger partial charge in [0, 0.05) is 17.5 Å². The minimum atomic E-state index is -0.477. The summed E-state index contributed by atoms with van der Waals surface area (Å²) in [6.07, 6.45) is 1.60. The molecule has 0 saturated heterocycles. The minimum absolute atomic E-state index is 0.198. The molecule has 0 amide bonds. The highest BCUT2D eigenvalue weighted by atomic mass is 16.6. The van der Waals surface area contributed by atoms with Gasteiger partial charge in [0.1, 0.15) is 11.4 Å². The number of aryl methyl sites for hydroxylation is 1. The molecule has 0 aliphatic carbocycles. The fraction of sp³-hybridized carbons (Fsp3) is 0.320. The number of nitrogens with zero attached hydrogens (tertiary/aromatic N) is 2. The normalized spacial score (nSPS) is 11.3. The SMILES string of the molecule is C=C(OC)c1ccc2nc(-c3ccccc3)c(CCCC(=O)OC(C)(C)C)nc2c1. The number of carbonyl (C=O) groups is 1. The average Bonchev–Trinajstić information content (AvgIpc) is 2.71. The third-order valence-electron chi connectivity index (χ3n) is 4.57. The molecule has 0 saturated carbocycles. The topological polar surface area (TPSA) is 61.3 Å². The van der Waals surface area contributed by atoms with Gasteiger partial charge < -0.3 is 9.47 Å². The Morgan fingerprint density at radius 1 is 1.03 bits per heavy atom. The number of hydrogen-bond acceptors (Lipinski definition) is 5. The molecule has 0 N–H and O–H groups in total. The summed E-state index contributed by atoms with van der Waals surface area (Å²) >= 11 is 0. The quantitative estimate of drug-likeness (QED) is 0.380. The first kappa shape index (κ1) is 21.5. The highest BCUT2D eigenvalue weighted by Crippen LogP contribution is 2.26. The Kier molecular flexibility index (Phi) is 6.50. The van der Waals surface area contributed by atoms with Crippen LogP contribution in [0.2, 0.25) is 0 Å². The molecule has 30 heavy (non-hydrogen) atoms. The van der Waals surface area contributed by atoms with Crippen molar-refractivity contribution in [3.8, 4) is 11.3 Å². The minimum Gasteiger partial charge on any atom is -0.497 e. The molecule has 1 aromatic heterocycles. The maximum absolute atomic E-state index is 12.1. The van der Waals surface area contributed by atoms with Gasteiger partial charge in [-0.3, -0.25) is 4.79 Å². The van der Waals surface area contributed by atoms with E-state index in [-0.39, 0.29) is 5.97 Å². The lowest BCUT2D eigenvalue weighted by molar-refractivity contribution is -0.154. The number of esters is 1. The second-order valence-electron chi connectivity index (χ2n) is 8.16. The van der Waals surface area contributed by atoms with Crippen LogP contribution in [-0.2, 0) is 20.7 Å². The van der Waals surface area contributed by atoms with Crippen LogP contribution in [0.4, 0.5) is 0 Å². The number of hydrogen-bond donors (Lipinski definition) is 0. The van der Waals surface area contributed by atoms with E-state index in [1.165, 1.54) is 0 Å². The van der Waals surface area contributed by atoms with Gasteiger partial charge >= 0.3 is 5.97 Å². The van der Waals surface area contributed by atoms with Crippen LogP contribution in [0, 0.1) is 0 Å². The molecule has 0 radical (unpaired) electrons. The molecule has 0 unspecified atom stereocenters. The lowest BCUT2D eigenvalue weighted by Gasteiger charge is -2.19. The predicted octanol–water partition coefficient (Wildman–Crippen LogP) is 5.58. The van der Waals surface area contributed by atoms with Crippen molar-refractivity contribution in [2.75, 3.05) is 7.11 Å². The van der Waals surface area contributed by atoms with E-state index in [0.29, 0.717) is 25.0 Å². The zero-order chi connectivity index (χ0) is 21.7. The van der Waals surface area contributed by atoms with E-state index in [1.54, 1.807) is 7.11 Å². The van der Waals surface area contributed by atoms with Gasteiger partial charge in [-0.1, -0.05) is 36.9 Å². The second kappa shape index (κ2) is 9.08. The third-order valence-corrected chi connectivity index (χ3v) is 4.57. The van der Waals surface area contributed by atoms with Crippen molar-refractivity contribution >= 4 is 22.8 Å². The van der Waals surface area contributed by atoms with Crippen LogP contribution in [0.15, 0.2) is 55.1 Å². The summed E-state index contributed by atoms with van der Waals surface area (Å²) in [6, 6.07) is 15.8. The molecule has 0 aliphatic rings. The molecule has 1 heterocycles. The van der Waals surface area contributed by atoms with E-state index in [1.807, 2.05) is 69.3 Å². The second-order valence-corrected chi connectivity index (χ2v) is 8.16. The van der Waals surface area contributed by atoms with Crippen LogP contribution in [0.5, 0.6) is 0 Å². The monoisotopic (exact) mass is 404 g/mol. The molecular formula is C25H28N2O3. The maximum Gasteiger partial charge on any atom is 0.306 e. The molecule has 3 rings (SSSR count). The Morgan fingerprint density at radius 2 is 1.77 bits per heavy atom. The van der Waals surface area contributed by atoms with Gasteiger partial charge in [-0.25, -0.2) is 9.97 Å². The summed E-state index contributed by atoms with van der Waals surface area (Å²) < 4.78 is 10.7. The van der Waals surface area contributed by atoms with Gasteiger partial charge in [-0.2, -0.15) is 0 Å². The first-order valence-corrected chi connectivity index (χ1v) is 10.1. The third kappa shape index (κ3) is 5.44. The summed E-state index contributed by atoms with van der Waals surface area (Å²) in [5.41, 5.74) is 4.67. The number of ether oxygens (including phenoxy) is 2. The van der Waals surface area contributed by atoms with Gasteiger partial charge in [0.2, 0.25) is 0 Å². The van der Waals surface area contributed by atoms with Gasteiger partial charge in [0.15, 0.2) is 0 Å². The Hall–Kier alpha value is -3.21. The molecule has 3 aromatic rings. The van der Waals surface area contributed by atoms with Crippen molar-refractivity contribution in [1.29, 1.82) is 0 Å². The van der Waals surface area contributed by atoms with Crippen LogP contribution < -0.4 is 0 Å². The first-order chi connectivity index (χ1) is 14.3. The van der Waals surface area contributed by atoms with Crippen molar-refractivity contribution in [3.63, 3.8) is 0 Å². The summed E-state index contributed by atoms with van der Waals surface area (Å²) in [5, 5.41) is 0. The zero-order valence-electron chi connectivity index (χ0n) is 18.1. The standard InChI is InChI=1S/C25H28N2O3/c1-17(29-5)19-14-15-20-22(16-19)26-21(12-9-13-23(28)30-25(2,3)4)24(27-20)18-10-7-6-8-11-18/h6-8,10-11,14-16H,1,9,12-13H2,2-5H3. The van der Waals surface area contributed by atoms with Crippen molar-refractivity contribution in [2.45, 2.75) is 45.6 Å². The first-order valence-electron chi connectivity index (χ1n) is 10.1. The largest absolute Gasteiger partial charge is 0.497 e. The van der Waals surface area contributed by atoms with Crippen LogP contribution in [0.1, 0.15) is 44.9 Å². The Bertz CT molecular complexity index is 1050. The van der Waals surface area contributed by atoms with E-state index in [9.17, 15) is 4.79 Å². The van der Waals surface area contributed by atoms with E-state index in [2.05, 4.69) is 6.58 Å². The summed E-state index contributed by atoms with van der Waals surface area (Å²) in [6.45, 7) is 9.54. The number of fused-ring (bicyclic) bond motifs is 1. The molecule has 0 aliphatic heterocycles. The maximum atomic E-state index is 12.1. The molecule has 0 atom stereocenters. The van der Waals surface area contributed by atoms with Crippen LogP contribution >= 0.6 is 0 Å². The van der Waals surface area contributed by atoms with Crippen molar-refractivity contribution in [3.05, 3.63) is 66.4 Å². The predicted molar refractivity (Wildman–Crippen MR) is 120 cm³/mol. The highest BCUT2D eigenvalue weighted by Gasteiger charge is 2.17. The van der Waals surface area contributed by atoms with E-state index in [0.717, 1.165) is 33.5 Å². The van der Waals surface area contributed by atoms with Crippen molar-refractivity contribution in [2.24, 2.45) is 0 Å². The van der Waals surface area contributed by atoms with E-state index < -0.39 is 5.60 Å². The molecule has 0 spiro atoms. The van der Waals surface area contributed by atoms with E-state index in [4.69, 9.17) is 19.4 Å². The molecule has 2 aromatic carbocycles. The molecule has 156 valence electrons. The van der Waals surface area contributed by atoms with Gasteiger partial charge in [-0.05, 0) is 51.8 Å². The summed E-state index contributed by atoms with van der Waals surface area (Å²) in [7, 11) is 1.60. The van der Waals surface area contributed by atoms with Gasteiger partial charge in [0.05, 0.1) is 29.5 Å².